The van der Waals surface area contributed by atoms with Gasteiger partial charge in [0.05, 0.1) is 5.52 Å². The summed E-state index contributed by atoms with van der Waals surface area (Å²) in [6.45, 7) is 6.10. The minimum absolute atomic E-state index is 0.238. The fourth-order valence-corrected chi connectivity index (χ4v) is 3.14. The SMILES string of the molecule is CC(=O)Oc1c(C)cc(CNCc2cc3ccc(F)cc3[nH]c2=O)cc1C. The second kappa shape index (κ2) is 7.72. The summed E-state index contributed by atoms with van der Waals surface area (Å²) in [6.07, 6.45) is 0. The van der Waals surface area contributed by atoms with Crippen LogP contribution in [0, 0.1) is 19.7 Å². The van der Waals surface area contributed by atoms with Crippen LogP contribution in [0.25, 0.3) is 10.9 Å². The molecule has 0 atom stereocenters. The number of halogens is 1. The van der Waals surface area contributed by atoms with Crippen LogP contribution in [-0.4, -0.2) is 11.0 Å². The summed E-state index contributed by atoms with van der Waals surface area (Å²) in [5.41, 5.74) is 3.62. The molecular formula is C21H21FN2O3. The number of pyridine rings is 1. The smallest absolute Gasteiger partial charge is 0.308 e. The molecule has 0 spiro atoms. The average Bonchev–Trinajstić information content (AvgIpc) is 2.58. The highest BCUT2D eigenvalue weighted by molar-refractivity contribution is 5.78. The molecule has 0 aliphatic rings. The van der Waals surface area contributed by atoms with Gasteiger partial charge in [-0.3, -0.25) is 9.59 Å². The Balaban J connectivity index is 1.72. The van der Waals surface area contributed by atoms with E-state index < -0.39 is 0 Å². The fraction of sp³-hybridized carbons (Fsp3) is 0.238. The van der Waals surface area contributed by atoms with Crippen LogP contribution in [-0.2, 0) is 17.9 Å². The lowest BCUT2D eigenvalue weighted by molar-refractivity contribution is -0.131. The molecule has 0 fully saturated rings. The number of nitrogens with one attached hydrogen (secondary N) is 2. The Morgan fingerprint density at radius 1 is 1.11 bits per heavy atom. The van der Waals surface area contributed by atoms with Gasteiger partial charge in [0.25, 0.3) is 5.56 Å². The highest BCUT2D eigenvalue weighted by atomic mass is 19.1. The van der Waals surface area contributed by atoms with E-state index in [4.69, 9.17) is 4.74 Å². The third kappa shape index (κ3) is 4.41. The Labute approximate surface area is 156 Å². The van der Waals surface area contributed by atoms with Crippen LogP contribution < -0.4 is 15.6 Å². The van der Waals surface area contributed by atoms with Gasteiger partial charge in [-0.25, -0.2) is 4.39 Å². The number of aromatic amines is 1. The van der Waals surface area contributed by atoms with Crippen LogP contribution in [0.3, 0.4) is 0 Å². The molecule has 2 aromatic carbocycles. The van der Waals surface area contributed by atoms with Crippen molar-refractivity contribution in [2.24, 2.45) is 0 Å². The van der Waals surface area contributed by atoms with Crippen molar-refractivity contribution >= 4 is 16.9 Å². The Morgan fingerprint density at radius 3 is 2.48 bits per heavy atom. The monoisotopic (exact) mass is 368 g/mol. The van der Waals surface area contributed by atoms with Gasteiger partial charge in [-0.1, -0.05) is 12.1 Å². The van der Waals surface area contributed by atoms with Crippen LogP contribution >= 0.6 is 0 Å². The van der Waals surface area contributed by atoms with Crippen LogP contribution in [0.15, 0.2) is 41.2 Å². The predicted octanol–water partition coefficient (Wildman–Crippen LogP) is 3.50. The number of hydrogen-bond acceptors (Lipinski definition) is 4. The number of ether oxygens (including phenoxy) is 1. The summed E-state index contributed by atoms with van der Waals surface area (Å²) in [5.74, 6) is -0.140. The Bertz CT molecular complexity index is 1050. The molecule has 0 aliphatic heterocycles. The van der Waals surface area contributed by atoms with Crippen LogP contribution in [0.5, 0.6) is 5.75 Å². The second-order valence-electron chi connectivity index (χ2n) is 6.61. The van der Waals surface area contributed by atoms with Crippen molar-refractivity contribution in [1.82, 2.24) is 10.3 Å². The van der Waals surface area contributed by atoms with Crippen molar-refractivity contribution in [2.45, 2.75) is 33.9 Å². The van der Waals surface area contributed by atoms with E-state index in [1.54, 1.807) is 12.1 Å². The first-order valence-electron chi connectivity index (χ1n) is 8.64. The molecule has 1 heterocycles. The summed E-state index contributed by atoms with van der Waals surface area (Å²) >= 11 is 0. The molecule has 3 rings (SSSR count). The van der Waals surface area contributed by atoms with E-state index in [-0.39, 0.29) is 17.3 Å². The molecule has 2 N–H and O–H groups in total. The quantitative estimate of drug-likeness (QED) is 0.534. The molecule has 6 heteroatoms. The van der Waals surface area contributed by atoms with Gasteiger partial charge in [0.2, 0.25) is 0 Å². The maximum atomic E-state index is 13.3. The van der Waals surface area contributed by atoms with Gasteiger partial charge in [0.1, 0.15) is 11.6 Å². The number of benzene rings is 2. The standard InChI is InChI=1S/C21H21FN2O3/c1-12-6-15(7-13(2)20(12)27-14(3)25)10-23-11-17-8-16-4-5-18(22)9-19(16)24-21(17)26/h4-9,23H,10-11H2,1-3H3,(H,24,26). The maximum Gasteiger partial charge on any atom is 0.308 e. The first-order valence-corrected chi connectivity index (χ1v) is 8.64. The molecule has 3 aromatic rings. The number of carbonyl (C=O) groups is 1. The average molecular weight is 368 g/mol. The zero-order chi connectivity index (χ0) is 19.6. The number of aryl methyl sites for hydroxylation is 2. The first-order chi connectivity index (χ1) is 12.8. The predicted molar refractivity (Wildman–Crippen MR) is 102 cm³/mol. The van der Waals surface area contributed by atoms with Crippen LogP contribution in [0.2, 0.25) is 0 Å². The number of esters is 1. The Kier molecular flexibility index (Phi) is 5.37. The van der Waals surface area contributed by atoms with Crippen LogP contribution in [0.1, 0.15) is 29.2 Å². The number of carbonyl (C=O) groups excluding carboxylic acids is 1. The highest BCUT2D eigenvalue weighted by Gasteiger charge is 2.09. The van der Waals surface area contributed by atoms with E-state index in [9.17, 15) is 14.0 Å². The molecule has 0 bridgehead atoms. The van der Waals surface area contributed by atoms with E-state index in [2.05, 4.69) is 10.3 Å². The lowest BCUT2D eigenvalue weighted by atomic mass is 10.1. The van der Waals surface area contributed by atoms with E-state index in [0.29, 0.717) is 29.9 Å². The molecule has 0 saturated heterocycles. The van der Waals surface area contributed by atoms with Crippen LogP contribution in [0.4, 0.5) is 4.39 Å². The molecule has 27 heavy (non-hydrogen) atoms. The topological polar surface area (TPSA) is 71.2 Å². The number of H-pyrrole nitrogens is 1. The van der Waals surface area contributed by atoms with Crippen molar-refractivity contribution in [3.63, 3.8) is 0 Å². The molecule has 140 valence electrons. The van der Waals surface area contributed by atoms with Gasteiger partial charge in [-0.15, -0.1) is 0 Å². The summed E-state index contributed by atoms with van der Waals surface area (Å²) in [7, 11) is 0. The summed E-state index contributed by atoms with van der Waals surface area (Å²) < 4.78 is 18.5. The molecule has 0 aliphatic carbocycles. The Morgan fingerprint density at radius 2 is 1.81 bits per heavy atom. The zero-order valence-corrected chi connectivity index (χ0v) is 15.5. The minimum atomic E-state index is -0.382. The zero-order valence-electron chi connectivity index (χ0n) is 15.5. The number of aromatic nitrogens is 1. The third-order valence-corrected chi connectivity index (χ3v) is 4.30. The first kappa shape index (κ1) is 18.8. The van der Waals surface area contributed by atoms with E-state index >= 15 is 0 Å². The lowest BCUT2D eigenvalue weighted by Gasteiger charge is -2.12. The summed E-state index contributed by atoms with van der Waals surface area (Å²) in [6, 6.07) is 9.99. The van der Waals surface area contributed by atoms with Crippen molar-refractivity contribution < 1.29 is 13.9 Å². The van der Waals surface area contributed by atoms with E-state index in [1.165, 1.54) is 19.1 Å². The van der Waals surface area contributed by atoms with Gasteiger partial charge in [-0.2, -0.15) is 0 Å². The maximum absolute atomic E-state index is 13.3. The number of fused-ring (bicyclic) bond motifs is 1. The van der Waals surface area contributed by atoms with E-state index in [0.717, 1.165) is 22.1 Å². The molecule has 1 aromatic heterocycles. The van der Waals surface area contributed by atoms with Crippen molar-refractivity contribution in [2.75, 3.05) is 0 Å². The molecule has 0 radical (unpaired) electrons. The third-order valence-electron chi connectivity index (χ3n) is 4.30. The second-order valence-corrected chi connectivity index (χ2v) is 6.61. The molecule has 0 saturated carbocycles. The Hall–Kier alpha value is -2.99. The van der Waals surface area contributed by atoms with Crippen molar-refractivity contribution in [3.05, 3.63) is 74.8 Å². The van der Waals surface area contributed by atoms with Gasteiger partial charge in [0.15, 0.2) is 0 Å². The van der Waals surface area contributed by atoms with E-state index in [1.807, 2.05) is 26.0 Å². The van der Waals surface area contributed by atoms with Crippen molar-refractivity contribution in [1.29, 1.82) is 0 Å². The molecule has 0 amide bonds. The van der Waals surface area contributed by atoms with Gasteiger partial charge in [-0.05, 0) is 60.2 Å². The molecule has 5 nitrogen and oxygen atoms in total. The van der Waals surface area contributed by atoms with Gasteiger partial charge in [0, 0.05) is 25.6 Å². The number of rotatable bonds is 5. The summed E-state index contributed by atoms with van der Waals surface area (Å²) in [5, 5.41) is 4.03. The largest absolute Gasteiger partial charge is 0.426 e. The number of hydrogen-bond donors (Lipinski definition) is 2. The van der Waals surface area contributed by atoms with Gasteiger partial charge >= 0.3 is 5.97 Å². The summed E-state index contributed by atoms with van der Waals surface area (Å²) in [4.78, 5) is 26.1. The molecule has 0 unspecified atom stereocenters. The fourth-order valence-electron chi connectivity index (χ4n) is 3.14. The van der Waals surface area contributed by atoms with Gasteiger partial charge < -0.3 is 15.0 Å². The van der Waals surface area contributed by atoms with Crippen molar-refractivity contribution in [3.8, 4) is 5.75 Å². The highest BCUT2D eigenvalue weighted by Crippen LogP contribution is 2.25. The normalized spacial score (nSPS) is 11.0. The minimum Gasteiger partial charge on any atom is -0.426 e. The lowest BCUT2D eigenvalue weighted by Crippen LogP contribution is -2.21. The molecular weight excluding hydrogens is 347 g/mol.